The number of nitrogens with zero attached hydrogens (tertiary/aromatic N) is 2. The van der Waals surface area contributed by atoms with Gasteiger partial charge in [0.15, 0.2) is 0 Å². The van der Waals surface area contributed by atoms with Crippen molar-refractivity contribution in [3.8, 4) is 0 Å². The van der Waals surface area contributed by atoms with Gasteiger partial charge in [-0.05, 0) is 71.8 Å². The van der Waals surface area contributed by atoms with Crippen LogP contribution in [0, 0.1) is 0 Å². The number of rotatable bonds is 4. The first-order valence-corrected chi connectivity index (χ1v) is 14.5. The summed E-state index contributed by atoms with van der Waals surface area (Å²) in [5.41, 5.74) is -10.7. The van der Waals surface area contributed by atoms with E-state index >= 15 is 26.3 Å². The van der Waals surface area contributed by atoms with Crippen LogP contribution in [0.5, 0.6) is 0 Å². The van der Waals surface area contributed by atoms with Gasteiger partial charge >= 0.3 is 12.4 Å². The van der Waals surface area contributed by atoms with Gasteiger partial charge in [-0.1, -0.05) is 58.5 Å². The number of carbonyl (C=O) groups is 4. The van der Waals surface area contributed by atoms with Crippen molar-refractivity contribution in [3.63, 3.8) is 0 Å². The molecule has 2 heterocycles. The summed E-state index contributed by atoms with van der Waals surface area (Å²) in [6.07, 6.45) is -12.3. The average Bonchev–Trinajstić information content (AvgIpc) is 3.36. The quantitative estimate of drug-likeness (QED) is 0.155. The maximum Gasteiger partial charge on any atom is 0.411 e. The van der Waals surface area contributed by atoms with Gasteiger partial charge in [-0.15, -0.1) is 0 Å². The van der Waals surface area contributed by atoms with Crippen molar-refractivity contribution in [1.82, 2.24) is 0 Å². The lowest BCUT2D eigenvalue weighted by molar-refractivity contribution is -0.288. The highest BCUT2D eigenvalue weighted by Crippen LogP contribution is 2.57. The van der Waals surface area contributed by atoms with E-state index in [0.717, 1.165) is 0 Å². The molecule has 0 radical (unpaired) electrons. The molecular weight excluding hydrogens is 720 g/mol. The number of hydrogen-bond acceptors (Lipinski definition) is 4. The number of halogens is 10. The van der Waals surface area contributed by atoms with E-state index in [1.165, 1.54) is 36.4 Å². The van der Waals surface area contributed by atoms with Crippen LogP contribution in [0.2, 0.25) is 20.1 Å². The zero-order chi connectivity index (χ0) is 34.4. The van der Waals surface area contributed by atoms with Crippen molar-refractivity contribution in [2.24, 2.45) is 0 Å². The zero-order valence-electron chi connectivity index (χ0n) is 22.7. The van der Waals surface area contributed by atoms with Crippen LogP contribution in [0.25, 0.3) is 0 Å². The normalized spacial score (nSPS) is 15.1. The summed E-state index contributed by atoms with van der Waals surface area (Å²) in [6, 6.07) is 10.2. The Bertz CT molecular complexity index is 1940. The number of imide groups is 2. The molecule has 0 atom stereocenters. The minimum Gasteiger partial charge on any atom is -0.268 e. The summed E-state index contributed by atoms with van der Waals surface area (Å²) in [4.78, 5) is 54.0. The van der Waals surface area contributed by atoms with E-state index in [1.807, 2.05) is 0 Å². The summed E-state index contributed by atoms with van der Waals surface area (Å²) in [5, 5.41) is -0.102. The van der Waals surface area contributed by atoms with Crippen LogP contribution in [0.1, 0.15) is 52.6 Å². The summed E-state index contributed by atoms with van der Waals surface area (Å²) in [5.74, 6) is -4.57. The minimum atomic E-state index is -6.14. The molecule has 0 aliphatic carbocycles. The first kappa shape index (κ1) is 32.8. The molecule has 4 aromatic rings. The summed E-state index contributed by atoms with van der Waals surface area (Å²) >= 11 is 24.0. The molecule has 6 nitrogen and oxygen atoms in total. The van der Waals surface area contributed by atoms with E-state index in [-0.39, 0.29) is 31.5 Å². The Morgan fingerprint density at radius 3 is 1.11 bits per heavy atom. The molecule has 0 N–H and O–H groups in total. The van der Waals surface area contributed by atoms with Gasteiger partial charge in [0.25, 0.3) is 23.6 Å². The number of amides is 4. The van der Waals surface area contributed by atoms with Crippen molar-refractivity contribution < 1.29 is 45.5 Å². The van der Waals surface area contributed by atoms with Gasteiger partial charge in [0.2, 0.25) is 5.41 Å². The second-order valence-corrected chi connectivity index (χ2v) is 12.0. The van der Waals surface area contributed by atoms with Crippen molar-refractivity contribution in [2.45, 2.75) is 17.8 Å². The SMILES string of the molecule is O=C1c2ccc(C(c3ccc4c(c3)C(=O)N(c3ccc(Cl)cc3Cl)C4=O)(C(F)(F)F)C(F)(F)F)cc2C(=O)N1c1ccc(Cl)cc1Cl. The van der Waals surface area contributed by atoms with Gasteiger partial charge in [0.05, 0.1) is 43.7 Å². The van der Waals surface area contributed by atoms with E-state index in [4.69, 9.17) is 46.4 Å². The van der Waals surface area contributed by atoms with Crippen LogP contribution in [0.4, 0.5) is 37.7 Å². The summed E-state index contributed by atoms with van der Waals surface area (Å²) in [7, 11) is 0. The number of anilines is 2. The molecule has 0 spiro atoms. The minimum absolute atomic E-state index is 0.131. The molecular formula is C31H12Cl4F6N2O4. The highest BCUT2D eigenvalue weighted by molar-refractivity contribution is 6.42. The standard InChI is InChI=1S/C31H12Cl4F6N2O4/c32-15-3-7-23(21(34)11-15)42-25(44)17-5-1-13(9-19(17)27(42)46)29(30(36,37)38,31(39,40)41)14-2-6-18-20(10-14)28(47)43(26(18)45)24-8-4-16(33)12-22(24)35/h1-12H. The molecule has 0 aromatic heterocycles. The number of carbonyl (C=O) groups excluding carboxylic acids is 4. The molecule has 6 rings (SSSR count). The van der Waals surface area contributed by atoms with Gasteiger partial charge in [-0.3, -0.25) is 19.2 Å². The fraction of sp³-hybridized carbons (Fsp3) is 0.0968. The van der Waals surface area contributed by atoms with Crippen LogP contribution in [0.15, 0.2) is 72.8 Å². The fourth-order valence-electron chi connectivity index (χ4n) is 5.69. The maximum atomic E-state index is 15.1. The first-order valence-electron chi connectivity index (χ1n) is 13.0. The van der Waals surface area contributed by atoms with Crippen LogP contribution in [-0.4, -0.2) is 36.0 Å². The van der Waals surface area contributed by atoms with Crippen LogP contribution < -0.4 is 9.80 Å². The van der Waals surface area contributed by atoms with E-state index in [0.29, 0.717) is 46.2 Å². The lowest BCUT2D eigenvalue weighted by Gasteiger charge is -2.38. The third-order valence-electron chi connectivity index (χ3n) is 7.79. The van der Waals surface area contributed by atoms with Gasteiger partial charge in [0, 0.05) is 10.0 Å². The molecule has 0 bridgehead atoms. The Balaban J connectivity index is 1.52. The molecule has 2 aliphatic heterocycles. The smallest absolute Gasteiger partial charge is 0.268 e. The maximum absolute atomic E-state index is 15.1. The van der Waals surface area contributed by atoms with Crippen molar-refractivity contribution in [2.75, 3.05) is 9.80 Å². The van der Waals surface area contributed by atoms with Gasteiger partial charge < -0.3 is 0 Å². The topological polar surface area (TPSA) is 74.8 Å². The Labute approximate surface area is 280 Å². The highest BCUT2D eigenvalue weighted by atomic mass is 35.5. The molecule has 2 aliphatic rings. The number of hydrogen-bond donors (Lipinski definition) is 0. The Kier molecular flexibility index (Phi) is 7.67. The highest BCUT2D eigenvalue weighted by Gasteiger charge is 2.73. The lowest BCUT2D eigenvalue weighted by Crippen LogP contribution is -2.55. The fourth-order valence-corrected chi connectivity index (χ4v) is 6.68. The largest absolute Gasteiger partial charge is 0.411 e. The molecule has 0 unspecified atom stereocenters. The van der Waals surface area contributed by atoms with Crippen molar-refractivity contribution >= 4 is 81.4 Å². The number of fused-ring (bicyclic) bond motifs is 2. The monoisotopic (exact) mass is 730 g/mol. The molecule has 0 saturated heterocycles. The molecule has 47 heavy (non-hydrogen) atoms. The first-order chi connectivity index (χ1) is 21.9. The summed E-state index contributed by atoms with van der Waals surface area (Å²) < 4.78 is 90.3. The molecule has 4 amide bonds. The van der Waals surface area contributed by atoms with E-state index < -0.39 is 74.8 Å². The predicted octanol–water partition coefficient (Wildman–Crippen LogP) is 9.31. The van der Waals surface area contributed by atoms with Crippen LogP contribution in [0.3, 0.4) is 0 Å². The molecule has 0 fully saturated rings. The van der Waals surface area contributed by atoms with Gasteiger partial charge in [0.1, 0.15) is 0 Å². The third-order valence-corrected chi connectivity index (χ3v) is 8.87. The van der Waals surface area contributed by atoms with Crippen LogP contribution >= 0.6 is 46.4 Å². The molecule has 16 heteroatoms. The Morgan fingerprint density at radius 2 is 0.787 bits per heavy atom. The Morgan fingerprint density at radius 1 is 0.447 bits per heavy atom. The number of alkyl halides is 6. The van der Waals surface area contributed by atoms with Crippen LogP contribution in [-0.2, 0) is 5.41 Å². The van der Waals surface area contributed by atoms with Crippen molar-refractivity contribution in [3.05, 3.63) is 126 Å². The van der Waals surface area contributed by atoms with E-state index in [9.17, 15) is 19.2 Å². The average molecular weight is 732 g/mol. The summed E-state index contributed by atoms with van der Waals surface area (Å²) in [6.45, 7) is 0. The van der Waals surface area contributed by atoms with Gasteiger partial charge in [-0.25, -0.2) is 9.80 Å². The van der Waals surface area contributed by atoms with E-state index in [2.05, 4.69) is 0 Å². The van der Waals surface area contributed by atoms with E-state index in [1.54, 1.807) is 0 Å². The molecule has 240 valence electrons. The zero-order valence-corrected chi connectivity index (χ0v) is 25.8. The Hall–Kier alpha value is -4.10. The third kappa shape index (κ3) is 4.80. The van der Waals surface area contributed by atoms with Crippen molar-refractivity contribution in [1.29, 1.82) is 0 Å². The molecule has 4 aromatic carbocycles. The molecule has 0 saturated carbocycles. The number of benzene rings is 4. The predicted molar refractivity (Wildman–Crippen MR) is 161 cm³/mol. The second-order valence-electron chi connectivity index (χ2n) is 10.3. The van der Waals surface area contributed by atoms with Gasteiger partial charge in [-0.2, -0.15) is 26.3 Å². The second kappa shape index (κ2) is 11.0. The lowest BCUT2D eigenvalue weighted by atomic mass is 9.71.